The third-order valence-electron chi connectivity index (χ3n) is 3.13. The monoisotopic (exact) mass is 326 g/mol. The number of hydrogen-bond donors (Lipinski definition) is 2. The molecule has 6 nitrogen and oxygen atoms in total. The van der Waals surface area contributed by atoms with E-state index in [4.69, 9.17) is 9.84 Å². The van der Waals surface area contributed by atoms with Gasteiger partial charge in [0.1, 0.15) is 5.75 Å². The van der Waals surface area contributed by atoms with Gasteiger partial charge in [0.2, 0.25) is 5.91 Å². The molecule has 0 unspecified atom stereocenters. The molecule has 0 aliphatic heterocycles. The summed E-state index contributed by atoms with van der Waals surface area (Å²) >= 11 is 0. The van der Waals surface area contributed by atoms with Gasteiger partial charge in [-0.1, -0.05) is 30.3 Å². The van der Waals surface area contributed by atoms with E-state index < -0.39 is 5.97 Å². The molecule has 24 heavy (non-hydrogen) atoms. The van der Waals surface area contributed by atoms with Gasteiger partial charge in [-0.25, -0.2) is 10.2 Å². The molecule has 0 heterocycles. The highest BCUT2D eigenvalue weighted by molar-refractivity contribution is 5.82. The Balaban J connectivity index is 1.74. The number of amides is 1. The predicted molar refractivity (Wildman–Crippen MR) is 90.1 cm³/mol. The van der Waals surface area contributed by atoms with Crippen molar-refractivity contribution in [2.75, 3.05) is 6.61 Å². The van der Waals surface area contributed by atoms with Crippen LogP contribution in [-0.4, -0.2) is 29.8 Å². The number of hydrogen-bond acceptors (Lipinski definition) is 4. The van der Waals surface area contributed by atoms with Crippen LogP contribution in [0.15, 0.2) is 59.7 Å². The van der Waals surface area contributed by atoms with Crippen LogP contribution in [0.5, 0.6) is 5.75 Å². The summed E-state index contributed by atoms with van der Waals surface area (Å²) in [5.74, 6) is -0.725. The van der Waals surface area contributed by atoms with Gasteiger partial charge in [-0.05, 0) is 41.8 Å². The van der Waals surface area contributed by atoms with Crippen LogP contribution in [0, 0.1) is 0 Å². The molecule has 0 fully saturated rings. The Kier molecular flexibility index (Phi) is 6.52. The van der Waals surface area contributed by atoms with Gasteiger partial charge >= 0.3 is 5.97 Å². The lowest BCUT2D eigenvalue weighted by Crippen LogP contribution is -2.17. The molecule has 0 spiro atoms. The lowest BCUT2D eigenvalue weighted by atomic mass is 10.1. The van der Waals surface area contributed by atoms with E-state index in [0.29, 0.717) is 18.6 Å². The average molecular weight is 326 g/mol. The van der Waals surface area contributed by atoms with Crippen molar-refractivity contribution in [3.05, 3.63) is 65.7 Å². The maximum atomic E-state index is 11.7. The van der Waals surface area contributed by atoms with Crippen LogP contribution in [-0.2, 0) is 16.0 Å². The molecular formula is C18H18N2O4. The molecule has 6 heteroatoms. The highest BCUT2D eigenvalue weighted by atomic mass is 16.5. The molecule has 0 aromatic heterocycles. The Labute approximate surface area is 139 Å². The second-order valence-electron chi connectivity index (χ2n) is 5.03. The number of benzene rings is 2. The van der Waals surface area contributed by atoms with Gasteiger partial charge in [0.15, 0.2) is 6.61 Å². The van der Waals surface area contributed by atoms with Crippen molar-refractivity contribution < 1.29 is 19.4 Å². The molecule has 2 rings (SSSR count). The number of aliphatic carboxylic acids is 1. The zero-order valence-electron chi connectivity index (χ0n) is 13.0. The zero-order valence-corrected chi connectivity index (χ0v) is 13.0. The van der Waals surface area contributed by atoms with Crippen LogP contribution in [0.25, 0.3) is 0 Å². The van der Waals surface area contributed by atoms with Gasteiger partial charge < -0.3 is 9.84 Å². The number of carboxylic acid groups (broad SMARTS) is 1. The molecule has 124 valence electrons. The number of aryl methyl sites for hydroxylation is 1. The van der Waals surface area contributed by atoms with Gasteiger partial charge in [-0.15, -0.1) is 0 Å². The minimum Gasteiger partial charge on any atom is -0.482 e. The summed E-state index contributed by atoms with van der Waals surface area (Å²) in [6.07, 6.45) is 2.54. The summed E-state index contributed by atoms with van der Waals surface area (Å²) in [4.78, 5) is 22.1. The smallest absolute Gasteiger partial charge is 0.341 e. The normalized spacial score (nSPS) is 10.5. The van der Waals surface area contributed by atoms with Crippen molar-refractivity contribution in [2.45, 2.75) is 12.8 Å². The standard InChI is InChI=1S/C18H18N2O4/c21-17(11-8-14-4-2-1-3-5-14)20-19-12-15-6-9-16(10-7-15)24-13-18(22)23/h1-7,9-10,12H,8,11,13H2,(H,20,21)(H,22,23)/b19-12-. The van der Waals surface area contributed by atoms with E-state index in [9.17, 15) is 9.59 Å². The highest BCUT2D eigenvalue weighted by Gasteiger charge is 2.01. The number of carbonyl (C=O) groups is 2. The van der Waals surface area contributed by atoms with E-state index in [2.05, 4.69) is 10.5 Å². The highest BCUT2D eigenvalue weighted by Crippen LogP contribution is 2.10. The quantitative estimate of drug-likeness (QED) is 0.575. The second kappa shape index (κ2) is 9.09. The van der Waals surface area contributed by atoms with E-state index in [0.717, 1.165) is 11.1 Å². The molecule has 0 saturated carbocycles. The molecule has 1 amide bonds. The van der Waals surface area contributed by atoms with E-state index in [1.807, 2.05) is 30.3 Å². The summed E-state index contributed by atoms with van der Waals surface area (Å²) in [7, 11) is 0. The molecule has 0 aliphatic rings. The summed E-state index contributed by atoms with van der Waals surface area (Å²) in [6, 6.07) is 16.5. The minimum atomic E-state index is -1.03. The zero-order chi connectivity index (χ0) is 17.2. The Morgan fingerprint density at radius 1 is 1.08 bits per heavy atom. The van der Waals surface area contributed by atoms with Crippen LogP contribution in [0.1, 0.15) is 17.5 Å². The van der Waals surface area contributed by atoms with Crippen LogP contribution < -0.4 is 10.2 Å². The van der Waals surface area contributed by atoms with Crippen molar-refractivity contribution in [2.24, 2.45) is 5.10 Å². The number of ether oxygens (including phenoxy) is 1. The second-order valence-corrected chi connectivity index (χ2v) is 5.03. The van der Waals surface area contributed by atoms with Crippen LogP contribution in [0.4, 0.5) is 0 Å². The van der Waals surface area contributed by atoms with Crippen LogP contribution in [0.3, 0.4) is 0 Å². The van der Waals surface area contributed by atoms with E-state index in [1.165, 1.54) is 6.21 Å². The Morgan fingerprint density at radius 2 is 1.79 bits per heavy atom. The fourth-order valence-electron chi connectivity index (χ4n) is 1.93. The first-order valence-electron chi connectivity index (χ1n) is 7.44. The number of rotatable bonds is 8. The number of carboxylic acids is 1. The Morgan fingerprint density at radius 3 is 2.46 bits per heavy atom. The van der Waals surface area contributed by atoms with Gasteiger partial charge in [0, 0.05) is 6.42 Å². The molecular weight excluding hydrogens is 308 g/mol. The minimum absolute atomic E-state index is 0.156. The third-order valence-corrected chi connectivity index (χ3v) is 3.13. The Bertz CT molecular complexity index is 697. The van der Waals surface area contributed by atoms with E-state index >= 15 is 0 Å². The van der Waals surface area contributed by atoms with Crippen molar-refractivity contribution >= 4 is 18.1 Å². The molecule has 0 aliphatic carbocycles. The fraction of sp³-hybridized carbons (Fsp3) is 0.167. The average Bonchev–Trinajstić information content (AvgIpc) is 2.60. The largest absolute Gasteiger partial charge is 0.482 e. The topological polar surface area (TPSA) is 88.0 Å². The van der Waals surface area contributed by atoms with Gasteiger partial charge in [-0.2, -0.15) is 5.10 Å². The lowest BCUT2D eigenvalue weighted by molar-refractivity contribution is -0.139. The van der Waals surface area contributed by atoms with Crippen LogP contribution >= 0.6 is 0 Å². The molecule has 2 aromatic carbocycles. The number of nitrogens with zero attached hydrogens (tertiary/aromatic N) is 1. The number of carbonyl (C=O) groups excluding carboxylic acids is 1. The Hall–Kier alpha value is -3.15. The third kappa shape index (κ3) is 6.31. The molecule has 0 atom stereocenters. The predicted octanol–water partition coefficient (Wildman–Crippen LogP) is 2.23. The van der Waals surface area contributed by atoms with E-state index in [1.54, 1.807) is 24.3 Å². The van der Waals surface area contributed by atoms with Crippen molar-refractivity contribution in [3.8, 4) is 5.75 Å². The summed E-state index contributed by atoms with van der Waals surface area (Å²) in [6.45, 7) is -0.384. The summed E-state index contributed by atoms with van der Waals surface area (Å²) < 4.78 is 5.03. The van der Waals surface area contributed by atoms with E-state index in [-0.39, 0.29) is 12.5 Å². The molecule has 0 saturated heterocycles. The first-order chi connectivity index (χ1) is 11.6. The SMILES string of the molecule is O=C(O)COc1ccc(/C=N\NC(=O)CCc2ccccc2)cc1. The van der Waals surface area contributed by atoms with Crippen LogP contribution in [0.2, 0.25) is 0 Å². The van der Waals surface area contributed by atoms with Gasteiger partial charge in [0.05, 0.1) is 6.21 Å². The first-order valence-corrected chi connectivity index (χ1v) is 7.44. The first kappa shape index (κ1) is 17.2. The van der Waals surface area contributed by atoms with Gasteiger partial charge in [-0.3, -0.25) is 4.79 Å². The summed E-state index contributed by atoms with van der Waals surface area (Å²) in [5.41, 5.74) is 4.35. The van der Waals surface area contributed by atoms with Crippen molar-refractivity contribution in [1.29, 1.82) is 0 Å². The molecule has 2 N–H and O–H groups in total. The molecule has 2 aromatic rings. The fourth-order valence-corrected chi connectivity index (χ4v) is 1.93. The summed E-state index contributed by atoms with van der Waals surface area (Å²) in [5, 5.41) is 12.4. The van der Waals surface area contributed by atoms with Gasteiger partial charge in [0.25, 0.3) is 0 Å². The number of nitrogens with one attached hydrogen (secondary N) is 1. The number of hydrazone groups is 1. The lowest BCUT2D eigenvalue weighted by Gasteiger charge is -2.03. The maximum Gasteiger partial charge on any atom is 0.341 e. The maximum absolute atomic E-state index is 11.7. The van der Waals surface area contributed by atoms with Crippen molar-refractivity contribution in [3.63, 3.8) is 0 Å². The molecule has 0 bridgehead atoms. The van der Waals surface area contributed by atoms with Crippen molar-refractivity contribution in [1.82, 2.24) is 5.43 Å². The molecule has 0 radical (unpaired) electrons.